The minimum Gasteiger partial charge on any atom is -0.340 e. The first-order valence-electron chi connectivity index (χ1n) is 7.33. The van der Waals surface area contributed by atoms with Crippen LogP contribution in [-0.2, 0) is 16.4 Å². The third kappa shape index (κ3) is 3.43. The number of nitrogens with zero attached hydrogens (tertiary/aromatic N) is 1. The molecule has 1 heterocycles. The summed E-state index contributed by atoms with van der Waals surface area (Å²) in [4.78, 5) is 4.88. The van der Waals surface area contributed by atoms with Gasteiger partial charge in [0.25, 0.3) is 0 Å². The molecule has 0 aromatic heterocycles. The fourth-order valence-corrected chi connectivity index (χ4v) is 3.25. The van der Waals surface area contributed by atoms with Gasteiger partial charge in [0.2, 0.25) is 10.0 Å². The number of rotatable bonds is 2. The van der Waals surface area contributed by atoms with Gasteiger partial charge in [0.1, 0.15) is 5.84 Å². The Morgan fingerprint density at radius 3 is 2.39 bits per heavy atom. The molecule has 0 spiro atoms. The SMILES string of the molecule is CC1(C)Cc2ccccc2C(Nc2ccc(S(N)(=O)=O)cc2)=N1. The molecule has 0 atom stereocenters. The second-order valence-corrected chi connectivity index (χ2v) is 7.86. The van der Waals surface area contributed by atoms with Crippen LogP contribution in [0.3, 0.4) is 0 Å². The maximum absolute atomic E-state index is 11.3. The summed E-state index contributed by atoms with van der Waals surface area (Å²) in [7, 11) is -3.68. The largest absolute Gasteiger partial charge is 0.340 e. The fraction of sp³-hybridized carbons (Fsp3) is 0.235. The van der Waals surface area contributed by atoms with Crippen molar-refractivity contribution < 1.29 is 8.42 Å². The molecule has 23 heavy (non-hydrogen) atoms. The first-order valence-corrected chi connectivity index (χ1v) is 8.87. The van der Waals surface area contributed by atoms with Crippen LogP contribution in [0, 0.1) is 0 Å². The van der Waals surface area contributed by atoms with Gasteiger partial charge in [-0.15, -0.1) is 0 Å². The van der Waals surface area contributed by atoms with Crippen LogP contribution in [0.25, 0.3) is 0 Å². The van der Waals surface area contributed by atoms with Gasteiger partial charge in [-0.1, -0.05) is 24.3 Å². The van der Waals surface area contributed by atoms with E-state index in [9.17, 15) is 8.42 Å². The molecule has 0 fully saturated rings. The molecule has 0 amide bonds. The maximum atomic E-state index is 11.3. The molecule has 1 aliphatic heterocycles. The number of amidine groups is 1. The molecule has 2 aromatic carbocycles. The van der Waals surface area contributed by atoms with E-state index >= 15 is 0 Å². The number of hydrogen-bond donors (Lipinski definition) is 2. The lowest BCUT2D eigenvalue weighted by Crippen LogP contribution is -2.32. The minimum absolute atomic E-state index is 0.0920. The average molecular weight is 329 g/mol. The molecule has 0 bridgehead atoms. The van der Waals surface area contributed by atoms with Gasteiger partial charge < -0.3 is 5.32 Å². The van der Waals surface area contributed by atoms with Crippen molar-refractivity contribution in [3.05, 3.63) is 59.7 Å². The number of sulfonamides is 1. The summed E-state index contributed by atoms with van der Waals surface area (Å²) < 4.78 is 22.6. The van der Waals surface area contributed by atoms with Crippen LogP contribution in [0.1, 0.15) is 25.0 Å². The number of anilines is 1. The van der Waals surface area contributed by atoms with Crippen molar-refractivity contribution in [1.29, 1.82) is 0 Å². The highest BCUT2D eigenvalue weighted by atomic mass is 32.2. The lowest BCUT2D eigenvalue weighted by atomic mass is 9.89. The van der Waals surface area contributed by atoms with Gasteiger partial charge in [0.05, 0.1) is 10.4 Å². The Morgan fingerprint density at radius 2 is 1.74 bits per heavy atom. The third-order valence-corrected chi connectivity index (χ3v) is 4.68. The second-order valence-electron chi connectivity index (χ2n) is 6.30. The molecule has 0 saturated heterocycles. The Hall–Kier alpha value is -2.18. The van der Waals surface area contributed by atoms with Crippen LogP contribution in [0.2, 0.25) is 0 Å². The highest BCUT2D eigenvalue weighted by Crippen LogP contribution is 2.27. The van der Waals surface area contributed by atoms with Crippen LogP contribution in [0.5, 0.6) is 0 Å². The van der Waals surface area contributed by atoms with E-state index in [0.29, 0.717) is 0 Å². The summed E-state index contributed by atoms with van der Waals surface area (Å²) in [5, 5.41) is 8.40. The molecule has 0 unspecified atom stereocenters. The predicted molar refractivity (Wildman–Crippen MR) is 92.2 cm³/mol. The quantitative estimate of drug-likeness (QED) is 0.888. The van der Waals surface area contributed by atoms with Gasteiger partial charge in [0.15, 0.2) is 0 Å². The number of nitrogens with two attached hydrogens (primary N) is 1. The Labute approximate surface area is 136 Å². The van der Waals surface area contributed by atoms with Gasteiger partial charge >= 0.3 is 0 Å². The van der Waals surface area contributed by atoms with Crippen molar-refractivity contribution >= 4 is 21.5 Å². The zero-order chi connectivity index (χ0) is 16.7. The van der Waals surface area contributed by atoms with Gasteiger partial charge in [-0.05, 0) is 50.1 Å². The highest BCUT2D eigenvalue weighted by Gasteiger charge is 2.26. The number of nitrogens with one attached hydrogen (secondary N) is 1. The van der Waals surface area contributed by atoms with Crippen molar-refractivity contribution in [2.24, 2.45) is 10.1 Å². The second kappa shape index (κ2) is 5.47. The van der Waals surface area contributed by atoms with Crippen LogP contribution in [0.15, 0.2) is 58.4 Å². The van der Waals surface area contributed by atoms with Crippen LogP contribution in [0.4, 0.5) is 5.69 Å². The van der Waals surface area contributed by atoms with E-state index < -0.39 is 10.0 Å². The van der Waals surface area contributed by atoms with Crippen LogP contribution < -0.4 is 10.5 Å². The molecule has 0 saturated carbocycles. The van der Waals surface area contributed by atoms with Crippen LogP contribution in [-0.4, -0.2) is 19.8 Å². The molecule has 1 aliphatic rings. The monoisotopic (exact) mass is 329 g/mol. The van der Waals surface area contributed by atoms with E-state index in [2.05, 4.69) is 25.2 Å². The molecule has 6 heteroatoms. The molecule has 2 aromatic rings. The lowest BCUT2D eigenvalue weighted by Gasteiger charge is -2.29. The first-order chi connectivity index (χ1) is 10.7. The smallest absolute Gasteiger partial charge is 0.238 e. The summed E-state index contributed by atoms with van der Waals surface area (Å²) >= 11 is 0. The minimum atomic E-state index is -3.68. The molecule has 0 aliphatic carbocycles. The van der Waals surface area contributed by atoms with E-state index in [1.54, 1.807) is 12.1 Å². The van der Waals surface area contributed by atoms with Crippen molar-refractivity contribution in [3.8, 4) is 0 Å². The van der Waals surface area contributed by atoms with Crippen molar-refractivity contribution in [2.75, 3.05) is 5.32 Å². The average Bonchev–Trinajstić information content (AvgIpc) is 2.45. The molecular weight excluding hydrogens is 310 g/mol. The fourth-order valence-electron chi connectivity index (χ4n) is 2.73. The van der Waals surface area contributed by atoms with Gasteiger partial charge in [-0.2, -0.15) is 0 Å². The zero-order valence-electron chi connectivity index (χ0n) is 13.1. The Bertz CT molecular complexity index is 869. The zero-order valence-corrected chi connectivity index (χ0v) is 13.9. The summed E-state index contributed by atoms with van der Waals surface area (Å²) in [6.07, 6.45) is 0.888. The van der Waals surface area contributed by atoms with Crippen molar-refractivity contribution in [2.45, 2.75) is 30.7 Å². The van der Waals surface area contributed by atoms with E-state index in [0.717, 1.165) is 23.5 Å². The number of fused-ring (bicyclic) bond motifs is 1. The Morgan fingerprint density at radius 1 is 1.09 bits per heavy atom. The molecule has 0 radical (unpaired) electrons. The van der Waals surface area contributed by atoms with Crippen molar-refractivity contribution in [1.82, 2.24) is 0 Å². The van der Waals surface area contributed by atoms with E-state index in [-0.39, 0.29) is 10.4 Å². The predicted octanol–water partition coefficient (Wildman–Crippen LogP) is 2.53. The summed E-state index contributed by atoms with van der Waals surface area (Å²) in [6, 6.07) is 14.5. The van der Waals surface area contributed by atoms with E-state index in [1.165, 1.54) is 17.7 Å². The summed E-state index contributed by atoms with van der Waals surface area (Å²) in [5.74, 6) is 0.792. The third-order valence-electron chi connectivity index (χ3n) is 3.76. The number of hydrogen-bond acceptors (Lipinski definition) is 4. The van der Waals surface area contributed by atoms with E-state index in [1.807, 2.05) is 18.2 Å². The molecule has 3 N–H and O–H groups in total. The molecule has 3 rings (SSSR count). The topological polar surface area (TPSA) is 84.5 Å². The normalized spacial score (nSPS) is 16.4. The number of primary sulfonamides is 1. The molecular formula is C17H19N3O2S. The van der Waals surface area contributed by atoms with E-state index in [4.69, 9.17) is 10.1 Å². The van der Waals surface area contributed by atoms with Gasteiger partial charge in [-0.3, -0.25) is 4.99 Å². The maximum Gasteiger partial charge on any atom is 0.238 e. The van der Waals surface area contributed by atoms with Crippen molar-refractivity contribution in [3.63, 3.8) is 0 Å². The van der Waals surface area contributed by atoms with Gasteiger partial charge in [-0.25, -0.2) is 13.6 Å². The highest BCUT2D eigenvalue weighted by molar-refractivity contribution is 7.89. The summed E-state index contributed by atoms with van der Waals surface area (Å²) in [5.41, 5.74) is 2.90. The summed E-state index contributed by atoms with van der Waals surface area (Å²) in [6.45, 7) is 4.18. The number of benzene rings is 2. The Kier molecular flexibility index (Phi) is 3.74. The van der Waals surface area contributed by atoms with Gasteiger partial charge in [0, 0.05) is 11.3 Å². The number of aliphatic imine (C=N–C) groups is 1. The first kappa shape index (κ1) is 15.7. The molecule has 120 valence electrons. The van der Waals surface area contributed by atoms with Crippen LogP contribution >= 0.6 is 0 Å². The standard InChI is InChI=1S/C17H19N3O2S/c1-17(2)11-12-5-3-4-6-15(12)16(20-17)19-13-7-9-14(10-8-13)23(18,21)22/h3-10H,11H2,1-2H3,(H,19,20)(H2,18,21,22). The lowest BCUT2D eigenvalue weighted by molar-refractivity contribution is 0.513. The molecule has 5 nitrogen and oxygen atoms in total. The Balaban J connectivity index is 1.94.